The molecule has 2 nitrogen and oxygen atoms in total. The predicted molar refractivity (Wildman–Crippen MR) is 59.4 cm³/mol. The molecule has 1 rings (SSSR count). The number of likely N-dealkylation sites (N-methyl/N-ethyl adjacent to an activating group) is 1. The molecule has 1 atom stereocenters. The van der Waals surface area contributed by atoms with Crippen molar-refractivity contribution in [1.29, 1.82) is 0 Å². The summed E-state index contributed by atoms with van der Waals surface area (Å²) in [4.78, 5) is 2.15. The second-order valence-electron chi connectivity index (χ2n) is 3.80. The summed E-state index contributed by atoms with van der Waals surface area (Å²) in [6.45, 7) is 4.18. The SMILES string of the molecule is CC(CN(C)CCO)c1ccccc1. The zero-order chi connectivity index (χ0) is 10.4. The largest absolute Gasteiger partial charge is 0.395 e. The monoisotopic (exact) mass is 193 g/mol. The Hall–Kier alpha value is -0.860. The second-order valence-corrected chi connectivity index (χ2v) is 3.80. The molecule has 1 aromatic carbocycles. The van der Waals surface area contributed by atoms with Crippen LogP contribution in [0.4, 0.5) is 0 Å². The van der Waals surface area contributed by atoms with Gasteiger partial charge in [0, 0.05) is 13.1 Å². The number of aliphatic hydroxyl groups is 1. The summed E-state index contributed by atoms with van der Waals surface area (Å²) in [5, 5.41) is 8.78. The predicted octanol–water partition coefficient (Wildman–Crippen LogP) is 1.71. The fourth-order valence-electron chi connectivity index (χ4n) is 1.62. The first-order valence-corrected chi connectivity index (χ1v) is 5.08. The van der Waals surface area contributed by atoms with Crippen molar-refractivity contribution in [3.8, 4) is 0 Å². The van der Waals surface area contributed by atoms with Crippen LogP contribution in [-0.4, -0.2) is 36.8 Å². The number of benzene rings is 1. The lowest BCUT2D eigenvalue weighted by atomic mass is 10.0. The zero-order valence-electron chi connectivity index (χ0n) is 8.98. The number of hydrogen-bond donors (Lipinski definition) is 1. The van der Waals surface area contributed by atoms with Crippen molar-refractivity contribution in [3.63, 3.8) is 0 Å². The number of hydrogen-bond acceptors (Lipinski definition) is 2. The molecule has 0 bridgehead atoms. The van der Waals surface area contributed by atoms with E-state index in [9.17, 15) is 0 Å². The highest BCUT2D eigenvalue weighted by Crippen LogP contribution is 2.14. The van der Waals surface area contributed by atoms with Crippen molar-refractivity contribution in [1.82, 2.24) is 4.90 Å². The molecule has 1 aromatic rings. The van der Waals surface area contributed by atoms with E-state index in [0.717, 1.165) is 13.1 Å². The Bertz CT molecular complexity index is 248. The normalized spacial score (nSPS) is 13.1. The van der Waals surface area contributed by atoms with E-state index in [1.165, 1.54) is 5.56 Å². The smallest absolute Gasteiger partial charge is 0.0558 e. The van der Waals surface area contributed by atoms with Crippen molar-refractivity contribution >= 4 is 0 Å². The van der Waals surface area contributed by atoms with Gasteiger partial charge in [-0.2, -0.15) is 0 Å². The molecule has 78 valence electrons. The maximum atomic E-state index is 8.78. The Morgan fingerprint density at radius 1 is 1.29 bits per heavy atom. The quantitative estimate of drug-likeness (QED) is 0.769. The average Bonchev–Trinajstić information content (AvgIpc) is 2.19. The summed E-state index contributed by atoms with van der Waals surface area (Å²) in [7, 11) is 2.04. The van der Waals surface area contributed by atoms with Crippen LogP contribution in [0.2, 0.25) is 0 Å². The summed E-state index contributed by atoms with van der Waals surface area (Å²) >= 11 is 0. The Labute approximate surface area is 86.2 Å². The van der Waals surface area contributed by atoms with Crippen LogP contribution < -0.4 is 0 Å². The summed E-state index contributed by atoms with van der Waals surface area (Å²) in [5.41, 5.74) is 1.36. The number of rotatable bonds is 5. The van der Waals surface area contributed by atoms with Gasteiger partial charge >= 0.3 is 0 Å². The van der Waals surface area contributed by atoms with E-state index < -0.39 is 0 Å². The van der Waals surface area contributed by atoms with Crippen LogP contribution in [0.1, 0.15) is 18.4 Å². The third-order valence-electron chi connectivity index (χ3n) is 2.44. The first kappa shape index (κ1) is 11.2. The van der Waals surface area contributed by atoms with Crippen LogP contribution in [0.5, 0.6) is 0 Å². The third-order valence-corrected chi connectivity index (χ3v) is 2.44. The Morgan fingerprint density at radius 3 is 2.50 bits per heavy atom. The number of aliphatic hydroxyl groups excluding tert-OH is 1. The lowest BCUT2D eigenvalue weighted by Gasteiger charge is -2.20. The van der Waals surface area contributed by atoms with E-state index >= 15 is 0 Å². The van der Waals surface area contributed by atoms with Gasteiger partial charge in [-0.05, 0) is 18.5 Å². The molecule has 0 aliphatic rings. The van der Waals surface area contributed by atoms with Crippen molar-refractivity contribution in [2.75, 3.05) is 26.7 Å². The van der Waals surface area contributed by atoms with Gasteiger partial charge in [0.1, 0.15) is 0 Å². The molecule has 0 amide bonds. The van der Waals surface area contributed by atoms with Crippen LogP contribution in [0.25, 0.3) is 0 Å². The second kappa shape index (κ2) is 5.78. The maximum absolute atomic E-state index is 8.78. The van der Waals surface area contributed by atoms with Gasteiger partial charge in [0.25, 0.3) is 0 Å². The Balaban J connectivity index is 2.46. The third kappa shape index (κ3) is 3.48. The molecule has 0 fully saturated rings. The minimum atomic E-state index is 0.234. The average molecular weight is 193 g/mol. The van der Waals surface area contributed by atoms with E-state index in [1.54, 1.807) is 0 Å². The van der Waals surface area contributed by atoms with E-state index in [-0.39, 0.29) is 6.61 Å². The molecule has 0 radical (unpaired) electrons. The molecule has 1 unspecified atom stereocenters. The molecule has 0 aliphatic heterocycles. The lowest BCUT2D eigenvalue weighted by molar-refractivity contribution is 0.216. The molecule has 0 aromatic heterocycles. The van der Waals surface area contributed by atoms with E-state index in [1.807, 2.05) is 13.1 Å². The molecule has 1 N–H and O–H groups in total. The van der Waals surface area contributed by atoms with Crippen LogP contribution >= 0.6 is 0 Å². The van der Waals surface area contributed by atoms with E-state index in [2.05, 4.69) is 36.1 Å². The molecule has 0 spiro atoms. The van der Waals surface area contributed by atoms with Crippen molar-refractivity contribution < 1.29 is 5.11 Å². The van der Waals surface area contributed by atoms with Crippen LogP contribution in [0.15, 0.2) is 30.3 Å². The first-order valence-electron chi connectivity index (χ1n) is 5.08. The van der Waals surface area contributed by atoms with Crippen molar-refractivity contribution in [2.24, 2.45) is 0 Å². The molecule has 0 saturated carbocycles. The fourth-order valence-corrected chi connectivity index (χ4v) is 1.62. The van der Waals surface area contributed by atoms with Gasteiger partial charge in [0.2, 0.25) is 0 Å². The van der Waals surface area contributed by atoms with Gasteiger partial charge < -0.3 is 10.0 Å². The Kier molecular flexibility index (Phi) is 4.63. The Morgan fingerprint density at radius 2 is 1.93 bits per heavy atom. The van der Waals surface area contributed by atoms with Gasteiger partial charge in [-0.1, -0.05) is 37.3 Å². The van der Waals surface area contributed by atoms with Gasteiger partial charge in [0.05, 0.1) is 6.61 Å². The summed E-state index contributed by atoms with van der Waals surface area (Å²) in [5.74, 6) is 0.521. The highest BCUT2D eigenvalue weighted by atomic mass is 16.3. The van der Waals surface area contributed by atoms with E-state index in [4.69, 9.17) is 5.11 Å². The van der Waals surface area contributed by atoms with Gasteiger partial charge in [0.15, 0.2) is 0 Å². The molecule has 0 aliphatic carbocycles. The molecular formula is C12H19NO. The van der Waals surface area contributed by atoms with Crippen LogP contribution in [0, 0.1) is 0 Å². The summed E-state index contributed by atoms with van der Waals surface area (Å²) in [6.07, 6.45) is 0. The molecule has 0 saturated heterocycles. The van der Waals surface area contributed by atoms with Crippen molar-refractivity contribution in [2.45, 2.75) is 12.8 Å². The molecule has 0 heterocycles. The molecule has 2 heteroatoms. The standard InChI is InChI=1S/C12H19NO/c1-11(10-13(2)8-9-14)12-6-4-3-5-7-12/h3-7,11,14H,8-10H2,1-2H3. The van der Waals surface area contributed by atoms with Crippen LogP contribution in [0.3, 0.4) is 0 Å². The highest BCUT2D eigenvalue weighted by molar-refractivity contribution is 5.18. The van der Waals surface area contributed by atoms with Gasteiger partial charge in [-0.25, -0.2) is 0 Å². The number of nitrogens with zero attached hydrogens (tertiary/aromatic N) is 1. The minimum absolute atomic E-state index is 0.234. The maximum Gasteiger partial charge on any atom is 0.0558 e. The van der Waals surface area contributed by atoms with Gasteiger partial charge in [-0.15, -0.1) is 0 Å². The van der Waals surface area contributed by atoms with Crippen LogP contribution in [-0.2, 0) is 0 Å². The van der Waals surface area contributed by atoms with Gasteiger partial charge in [-0.3, -0.25) is 0 Å². The first-order chi connectivity index (χ1) is 6.74. The van der Waals surface area contributed by atoms with E-state index in [0.29, 0.717) is 5.92 Å². The van der Waals surface area contributed by atoms with Crippen molar-refractivity contribution in [3.05, 3.63) is 35.9 Å². The summed E-state index contributed by atoms with van der Waals surface area (Å²) < 4.78 is 0. The molecule has 14 heavy (non-hydrogen) atoms. The summed E-state index contributed by atoms with van der Waals surface area (Å²) in [6, 6.07) is 10.5. The molecular weight excluding hydrogens is 174 g/mol. The zero-order valence-corrected chi connectivity index (χ0v) is 8.98. The topological polar surface area (TPSA) is 23.5 Å². The highest BCUT2D eigenvalue weighted by Gasteiger charge is 2.07. The lowest BCUT2D eigenvalue weighted by Crippen LogP contribution is -2.26. The fraction of sp³-hybridized carbons (Fsp3) is 0.500. The minimum Gasteiger partial charge on any atom is -0.395 e.